The zero-order valence-corrected chi connectivity index (χ0v) is 13.0. The van der Waals surface area contributed by atoms with Gasteiger partial charge in [-0.25, -0.2) is 0 Å². The van der Waals surface area contributed by atoms with Gasteiger partial charge in [-0.15, -0.1) is 5.10 Å². The molecule has 4 nitrogen and oxygen atoms in total. The molecule has 1 aliphatic heterocycles. The number of halogens is 1. The molecule has 0 atom stereocenters. The lowest BCUT2D eigenvalue weighted by atomic mass is 9.94. The van der Waals surface area contributed by atoms with Gasteiger partial charge in [0.15, 0.2) is 0 Å². The van der Waals surface area contributed by atoms with E-state index in [1.165, 1.54) is 0 Å². The van der Waals surface area contributed by atoms with Crippen molar-refractivity contribution in [3.8, 4) is 22.4 Å². The number of hydrogen-bond donors (Lipinski definition) is 1. The number of fused-ring (bicyclic) bond motifs is 1. The molecule has 0 amide bonds. The van der Waals surface area contributed by atoms with Crippen molar-refractivity contribution < 1.29 is 0 Å². The van der Waals surface area contributed by atoms with E-state index in [1.807, 2.05) is 54.6 Å². The second kappa shape index (κ2) is 5.48. The van der Waals surface area contributed by atoms with Crippen molar-refractivity contribution in [1.29, 1.82) is 0 Å². The molecule has 0 fully saturated rings. The molecule has 0 unspecified atom stereocenters. The van der Waals surface area contributed by atoms with Crippen LogP contribution in [-0.2, 0) is 6.54 Å². The Balaban J connectivity index is 2.07. The molecule has 0 saturated carbocycles. The van der Waals surface area contributed by atoms with Gasteiger partial charge in [0.2, 0.25) is 0 Å². The highest BCUT2D eigenvalue weighted by Crippen LogP contribution is 2.38. The first-order valence-corrected chi connectivity index (χ1v) is 7.63. The summed E-state index contributed by atoms with van der Waals surface area (Å²) in [6, 6.07) is 17.6. The average molecular weight is 321 g/mol. The van der Waals surface area contributed by atoms with Gasteiger partial charge in [0.1, 0.15) is 11.5 Å². The van der Waals surface area contributed by atoms with Gasteiger partial charge in [-0.05, 0) is 11.6 Å². The van der Waals surface area contributed by atoms with Crippen molar-refractivity contribution in [1.82, 2.24) is 10.2 Å². The van der Waals surface area contributed by atoms with E-state index < -0.39 is 0 Å². The van der Waals surface area contributed by atoms with Crippen molar-refractivity contribution in [3.63, 3.8) is 0 Å². The minimum Gasteiger partial charge on any atom is -0.383 e. The van der Waals surface area contributed by atoms with Crippen molar-refractivity contribution in [2.24, 2.45) is 10.7 Å². The van der Waals surface area contributed by atoms with Crippen molar-refractivity contribution in [2.45, 2.75) is 6.54 Å². The highest BCUT2D eigenvalue weighted by Gasteiger charge is 2.25. The fourth-order valence-corrected chi connectivity index (χ4v) is 3.05. The van der Waals surface area contributed by atoms with E-state index in [4.69, 9.17) is 17.3 Å². The Kier molecular flexibility index (Phi) is 3.32. The SMILES string of the molecule is NC1=NCc2nnc(-c3ccccc3Cl)c(-c3ccccc3)c21. The van der Waals surface area contributed by atoms with E-state index in [0.29, 0.717) is 17.4 Å². The summed E-state index contributed by atoms with van der Waals surface area (Å²) in [4.78, 5) is 4.31. The number of amidine groups is 1. The summed E-state index contributed by atoms with van der Waals surface area (Å²) in [6.07, 6.45) is 0. The number of rotatable bonds is 2. The van der Waals surface area contributed by atoms with Crippen LogP contribution in [0.3, 0.4) is 0 Å². The quantitative estimate of drug-likeness (QED) is 0.783. The molecule has 0 aliphatic carbocycles. The lowest BCUT2D eigenvalue weighted by molar-refractivity contribution is 0.923. The first-order chi connectivity index (χ1) is 11.3. The van der Waals surface area contributed by atoms with E-state index in [9.17, 15) is 0 Å². The van der Waals surface area contributed by atoms with Crippen LogP contribution >= 0.6 is 11.6 Å². The van der Waals surface area contributed by atoms with Gasteiger partial charge < -0.3 is 5.73 Å². The fourth-order valence-electron chi connectivity index (χ4n) is 2.83. The zero-order valence-electron chi connectivity index (χ0n) is 12.2. The Bertz CT molecular complexity index is 920. The standard InChI is InChI=1S/C18H13ClN4/c19-13-9-5-4-8-12(13)17-15(11-6-2-1-3-7-11)16-14(22-23-17)10-21-18(16)20/h1-9H,10H2,(H2,20,21). The Morgan fingerprint density at radius 3 is 2.39 bits per heavy atom. The summed E-state index contributed by atoms with van der Waals surface area (Å²) in [5.41, 5.74) is 11.3. The number of aliphatic imine (C=N–C) groups is 1. The molecule has 5 heteroatoms. The third-order valence-electron chi connectivity index (χ3n) is 3.89. The fraction of sp³-hybridized carbons (Fsp3) is 0.0556. The molecular weight excluding hydrogens is 308 g/mol. The molecule has 2 aromatic carbocycles. The predicted molar refractivity (Wildman–Crippen MR) is 92.3 cm³/mol. The number of aromatic nitrogens is 2. The lowest BCUT2D eigenvalue weighted by Gasteiger charge is -2.14. The molecular formula is C18H13ClN4. The molecule has 4 rings (SSSR count). The lowest BCUT2D eigenvalue weighted by Crippen LogP contribution is -2.14. The van der Waals surface area contributed by atoms with Crippen LogP contribution in [-0.4, -0.2) is 16.0 Å². The highest BCUT2D eigenvalue weighted by atomic mass is 35.5. The maximum atomic E-state index is 6.38. The van der Waals surface area contributed by atoms with E-state index in [1.54, 1.807) is 0 Å². The van der Waals surface area contributed by atoms with Gasteiger partial charge in [-0.1, -0.05) is 60.1 Å². The summed E-state index contributed by atoms with van der Waals surface area (Å²) >= 11 is 6.38. The van der Waals surface area contributed by atoms with Crippen molar-refractivity contribution in [3.05, 3.63) is 70.9 Å². The molecule has 0 radical (unpaired) electrons. The van der Waals surface area contributed by atoms with Gasteiger partial charge in [0.25, 0.3) is 0 Å². The van der Waals surface area contributed by atoms with E-state index in [2.05, 4.69) is 15.2 Å². The molecule has 0 bridgehead atoms. The van der Waals surface area contributed by atoms with Crippen LogP contribution in [0, 0.1) is 0 Å². The third kappa shape index (κ3) is 2.28. The Morgan fingerprint density at radius 2 is 1.61 bits per heavy atom. The smallest absolute Gasteiger partial charge is 0.128 e. The summed E-state index contributed by atoms with van der Waals surface area (Å²) in [6.45, 7) is 0.469. The summed E-state index contributed by atoms with van der Waals surface area (Å²) in [7, 11) is 0. The first kappa shape index (κ1) is 13.9. The summed E-state index contributed by atoms with van der Waals surface area (Å²) in [5.74, 6) is 0.502. The molecule has 23 heavy (non-hydrogen) atoms. The van der Waals surface area contributed by atoms with Crippen LogP contribution in [0.5, 0.6) is 0 Å². The molecule has 2 N–H and O–H groups in total. The number of benzene rings is 2. The monoisotopic (exact) mass is 320 g/mol. The van der Waals surface area contributed by atoms with Gasteiger partial charge in [0.05, 0.1) is 22.8 Å². The molecule has 112 valence electrons. The van der Waals surface area contributed by atoms with Crippen LogP contribution in [0.4, 0.5) is 0 Å². The van der Waals surface area contributed by atoms with Gasteiger partial charge >= 0.3 is 0 Å². The predicted octanol–water partition coefficient (Wildman–Crippen LogP) is 3.68. The molecule has 0 saturated heterocycles. The molecule has 1 aromatic heterocycles. The van der Waals surface area contributed by atoms with Crippen LogP contribution in [0.15, 0.2) is 59.6 Å². The van der Waals surface area contributed by atoms with Crippen LogP contribution in [0.25, 0.3) is 22.4 Å². The number of nitrogens with zero attached hydrogens (tertiary/aromatic N) is 3. The molecule has 2 heterocycles. The van der Waals surface area contributed by atoms with Gasteiger partial charge in [-0.2, -0.15) is 5.10 Å². The minimum absolute atomic E-state index is 0.469. The molecule has 0 spiro atoms. The second-order valence-electron chi connectivity index (χ2n) is 5.29. The topological polar surface area (TPSA) is 64.2 Å². The summed E-state index contributed by atoms with van der Waals surface area (Å²) in [5, 5.41) is 9.37. The van der Waals surface area contributed by atoms with E-state index in [-0.39, 0.29) is 0 Å². The number of nitrogens with two attached hydrogens (primary N) is 1. The van der Waals surface area contributed by atoms with Crippen LogP contribution in [0.1, 0.15) is 11.3 Å². The number of hydrogen-bond acceptors (Lipinski definition) is 4. The van der Waals surface area contributed by atoms with Crippen LogP contribution < -0.4 is 5.73 Å². The molecule has 1 aliphatic rings. The maximum Gasteiger partial charge on any atom is 0.128 e. The Labute approximate surface area is 138 Å². The van der Waals surface area contributed by atoms with Gasteiger partial charge in [0, 0.05) is 11.1 Å². The minimum atomic E-state index is 0.469. The first-order valence-electron chi connectivity index (χ1n) is 7.26. The highest BCUT2D eigenvalue weighted by molar-refractivity contribution is 6.33. The van der Waals surface area contributed by atoms with E-state index >= 15 is 0 Å². The normalized spacial score (nSPS) is 12.8. The largest absolute Gasteiger partial charge is 0.383 e. The zero-order chi connectivity index (χ0) is 15.8. The Hall–Kier alpha value is -2.72. The average Bonchev–Trinajstić information content (AvgIpc) is 2.97. The van der Waals surface area contributed by atoms with Crippen molar-refractivity contribution in [2.75, 3.05) is 0 Å². The maximum absolute atomic E-state index is 6.38. The van der Waals surface area contributed by atoms with E-state index in [0.717, 1.165) is 33.6 Å². The van der Waals surface area contributed by atoms with Crippen molar-refractivity contribution >= 4 is 17.4 Å². The second-order valence-corrected chi connectivity index (χ2v) is 5.70. The third-order valence-corrected chi connectivity index (χ3v) is 4.22. The molecule has 3 aromatic rings. The van der Waals surface area contributed by atoms with Gasteiger partial charge in [-0.3, -0.25) is 4.99 Å². The van der Waals surface area contributed by atoms with Crippen LogP contribution in [0.2, 0.25) is 5.02 Å². The Morgan fingerprint density at radius 1 is 0.870 bits per heavy atom. The summed E-state index contributed by atoms with van der Waals surface area (Å²) < 4.78 is 0.